The molecule has 0 fully saturated rings. The van der Waals surface area contributed by atoms with Gasteiger partial charge in [0.2, 0.25) is 0 Å². The van der Waals surface area contributed by atoms with E-state index in [9.17, 15) is 9.46 Å². The molecule has 18 heavy (non-hydrogen) atoms. The Bertz CT molecular complexity index is 224. The molecule has 4 nitrogen and oxygen atoms in total. The largest absolute Gasteiger partial charge is 1.00 e. The molecule has 0 saturated carbocycles. The second kappa shape index (κ2) is 13.1. The van der Waals surface area contributed by atoms with Gasteiger partial charge in [-0.15, -0.1) is 0 Å². The van der Waals surface area contributed by atoms with Gasteiger partial charge in [-0.2, -0.15) is 0 Å². The van der Waals surface area contributed by atoms with Gasteiger partial charge in [-0.1, -0.05) is 52.9 Å². The molecule has 0 rings (SSSR count). The second-order valence-electron chi connectivity index (χ2n) is 4.74. The van der Waals surface area contributed by atoms with E-state index in [4.69, 9.17) is 9.05 Å². The summed E-state index contributed by atoms with van der Waals surface area (Å²) in [4.78, 5) is 11.3. The molecule has 0 aliphatic carbocycles. The summed E-state index contributed by atoms with van der Waals surface area (Å²) in [6.07, 6.45) is 6.63. The van der Waals surface area contributed by atoms with Gasteiger partial charge >= 0.3 is 29.6 Å². The van der Waals surface area contributed by atoms with Gasteiger partial charge in [0.25, 0.3) is 7.82 Å². The Kier molecular flexibility index (Phi) is 15.6. The summed E-state index contributed by atoms with van der Waals surface area (Å²) in [6.45, 7) is 6.40. The van der Waals surface area contributed by atoms with Crippen LogP contribution in [0.2, 0.25) is 0 Å². The first-order valence-electron chi connectivity index (χ1n) is 6.58. The van der Waals surface area contributed by atoms with E-state index in [1.165, 1.54) is 19.3 Å². The Morgan fingerprint density at radius 1 is 1.06 bits per heavy atom. The van der Waals surface area contributed by atoms with Crippen LogP contribution in [0.3, 0.4) is 0 Å². The monoisotopic (exact) mass is 288 g/mol. The normalized spacial score (nSPS) is 14.3. The van der Waals surface area contributed by atoms with Crippen molar-refractivity contribution in [3.63, 3.8) is 0 Å². The van der Waals surface area contributed by atoms with E-state index in [0.29, 0.717) is 0 Å². The van der Waals surface area contributed by atoms with Crippen LogP contribution in [0.15, 0.2) is 0 Å². The van der Waals surface area contributed by atoms with Crippen molar-refractivity contribution in [2.24, 2.45) is 5.92 Å². The number of hydrogen-bond acceptors (Lipinski definition) is 4. The molecule has 1 unspecified atom stereocenters. The summed E-state index contributed by atoms with van der Waals surface area (Å²) >= 11 is 0. The quantitative estimate of drug-likeness (QED) is 0.316. The molecule has 104 valence electrons. The van der Waals surface area contributed by atoms with E-state index in [1.54, 1.807) is 0 Å². The molecule has 0 aliphatic heterocycles. The van der Waals surface area contributed by atoms with Crippen molar-refractivity contribution in [1.29, 1.82) is 0 Å². The zero-order chi connectivity index (χ0) is 13.1. The van der Waals surface area contributed by atoms with E-state index in [1.807, 2.05) is 13.8 Å². The summed E-state index contributed by atoms with van der Waals surface area (Å²) in [5.41, 5.74) is 0. The third-order valence-corrected chi connectivity index (χ3v) is 3.28. The molecule has 0 saturated heterocycles. The number of hydrogen-bond donors (Lipinski definition) is 0. The molecule has 6 heteroatoms. The summed E-state index contributed by atoms with van der Waals surface area (Å²) in [5.74, 6) is 0.190. The fourth-order valence-corrected chi connectivity index (χ4v) is 2.24. The predicted molar refractivity (Wildman–Crippen MR) is 67.7 cm³/mol. The number of phosphoric ester groups is 1. The van der Waals surface area contributed by atoms with Crippen LogP contribution in [0.4, 0.5) is 0 Å². The maximum Gasteiger partial charge on any atom is 1.00 e. The molecule has 1 atom stereocenters. The van der Waals surface area contributed by atoms with Gasteiger partial charge in [0.1, 0.15) is 0 Å². The molecular formula is C12H26NaO4P. The van der Waals surface area contributed by atoms with Crippen molar-refractivity contribution in [3.8, 4) is 0 Å². The fourth-order valence-electron chi connectivity index (χ4n) is 1.34. The Hall–Kier alpha value is 1.11. The van der Waals surface area contributed by atoms with Gasteiger partial charge < -0.3 is 13.9 Å². The first kappa shape index (κ1) is 21.4. The van der Waals surface area contributed by atoms with Crippen LogP contribution in [0.5, 0.6) is 0 Å². The van der Waals surface area contributed by atoms with Crippen LogP contribution in [-0.4, -0.2) is 13.2 Å². The fraction of sp³-hybridized carbons (Fsp3) is 1.00. The van der Waals surface area contributed by atoms with E-state index in [-0.39, 0.29) is 48.7 Å². The molecular weight excluding hydrogens is 262 g/mol. The van der Waals surface area contributed by atoms with Crippen LogP contribution in [0.1, 0.15) is 59.3 Å². The standard InChI is InChI=1S/C12H27O4P.Na/c1-4-5-6-7-8-9-10-15-17(13,14)16-11-12(2)3;/h12H,4-11H2,1-3H3,(H,13,14);/q;+1/p-1. The summed E-state index contributed by atoms with van der Waals surface area (Å²) in [5, 5.41) is 0. The number of unbranched alkanes of at least 4 members (excludes halogenated alkanes) is 5. The first-order valence-corrected chi connectivity index (χ1v) is 8.04. The van der Waals surface area contributed by atoms with Crippen LogP contribution in [0.25, 0.3) is 0 Å². The molecule has 0 bridgehead atoms. The maximum absolute atomic E-state index is 11.3. The van der Waals surface area contributed by atoms with Gasteiger partial charge in [-0.25, -0.2) is 0 Å². The van der Waals surface area contributed by atoms with Crippen LogP contribution < -0.4 is 34.5 Å². The van der Waals surface area contributed by atoms with E-state index in [0.717, 1.165) is 19.3 Å². The predicted octanol–water partition coefficient (Wildman–Crippen LogP) is 0.509. The van der Waals surface area contributed by atoms with Crippen LogP contribution >= 0.6 is 7.82 Å². The van der Waals surface area contributed by atoms with Crippen LogP contribution in [-0.2, 0) is 13.6 Å². The zero-order valence-corrected chi connectivity index (χ0v) is 15.2. The Balaban J connectivity index is 0. The molecule has 0 aromatic carbocycles. The van der Waals surface area contributed by atoms with Gasteiger partial charge in [0, 0.05) is 0 Å². The molecule has 0 amide bonds. The second-order valence-corrected chi connectivity index (χ2v) is 6.15. The Morgan fingerprint density at radius 2 is 1.61 bits per heavy atom. The Labute approximate surface area is 134 Å². The average molecular weight is 288 g/mol. The van der Waals surface area contributed by atoms with Crippen molar-refractivity contribution < 1.29 is 48.1 Å². The van der Waals surface area contributed by atoms with E-state index in [2.05, 4.69) is 6.92 Å². The number of rotatable bonds is 11. The minimum Gasteiger partial charge on any atom is -0.756 e. The summed E-state index contributed by atoms with van der Waals surface area (Å²) < 4.78 is 20.7. The first-order chi connectivity index (χ1) is 7.98. The Morgan fingerprint density at radius 3 is 2.17 bits per heavy atom. The summed E-state index contributed by atoms with van der Waals surface area (Å²) in [7, 11) is -4.06. The zero-order valence-electron chi connectivity index (χ0n) is 12.3. The van der Waals surface area contributed by atoms with Crippen LogP contribution in [0, 0.1) is 5.92 Å². The molecule has 0 aromatic heterocycles. The minimum absolute atomic E-state index is 0. The van der Waals surface area contributed by atoms with Crippen molar-refractivity contribution in [1.82, 2.24) is 0 Å². The SMILES string of the molecule is CCCCCCCCOP(=O)([O-])OCC(C)C.[Na+]. The third kappa shape index (κ3) is 15.2. The minimum atomic E-state index is -4.06. The smallest absolute Gasteiger partial charge is 0.756 e. The molecule has 0 aromatic rings. The van der Waals surface area contributed by atoms with Crippen molar-refractivity contribution >= 4 is 7.82 Å². The maximum atomic E-state index is 11.3. The van der Waals surface area contributed by atoms with E-state index < -0.39 is 7.82 Å². The third-order valence-electron chi connectivity index (χ3n) is 2.31. The van der Waals surface area contributed by atoms with Gasteiger partial charge in [0.05, 0.1) is 13.2 Å². The van der Waals surface area contributed by atoms with Gasteiger partial charge in [-0.05, 0) is 12.3 Å². The molecule has 0 aliphatic rings. The van der Waals surface area contributed by atoms with E-state index >= 15 is 0 Å². The topological polar surface area (TPSA) is 58.6 Å². The molecule has 0 heterocycles. The average Bonchev–Trinajstić information content (AvgIpc) is 2.25. The van der Waals surface area contributed by atoms with Crippen molar-refractivity contribution in [2.45, 2.75) is 59.3 Å². The molecule has 0 radical (unpaired) electrons. The summed E-state index contributed by atoms with van der Waals surface area (Å²) in [6, 6.07) is 0. The number of phosphoric acid groups is 1. The van der Waals surface area contributed by atoms with Gasteiger partial charge in [-0.3, -0.25) is 4.57 Å². The molecule has 0 spiro atoms. The molecule has 0 N–H and O–H groups in total. The van der Waals surface area contributed by atoms with Crippen molar-refractivity contribution in [2.75, 3.05) is 13.2 Å². The van der Waals surface area contributed by atoms with Gasteiger partial charge in [0.15, 0.2) is 0 Å². The van der Waals surface area contributed by atoms with Crippen molar-refractivity contribution in [3.05, 3.63) is 0 Å².